The highest BCUT2D eigenvalue weighted by Crippen LogP contribution is 2.17. The summed E-state index contributed by atoms with van der Waals surface area (Å²) >= 11 is 0. The van der Waals surface area contributed by atoms with Crippen molar-refractivity contribution in [1.82, 2.24) is 5.32 Å². The number of hydrogen-bond acceptors (Lipinski definition) is 4. The van der Waals surface area contributed by atoms with Crippen LogP contribution in [0.5, 0.6) is 5.75 Å². The summed E-state index contributed by atoms with van der Waals surface area (Å²) in [6.45, 7) is 8.73. The molecule has 1 aromatic carbocycles. The van der Waals surface area contributed by atoms with E-state index in [1.165, 1.54) is 12.1 Å². The van der Waals surface area contributed by atoms with Gasteiger partial charge in [0.25, 0.3) is 5.69 Å². The monoisotopic (exact) mass is 252 g/mol. The van der Waals surface area contributed by atoms with Crippen LogP contribution in [0.3, 0.4) is 0 Å². The fourth-order valence-electron chi connectivity index (χ4n) is 1.37. The van der Waals surface area contributed by atoms with Crippen LogP contribution in [0.25, 0.3) is 0 Å². The largest absolute Gasteiger partial charge is 0.492 e. The SMILES string of the molecule is CC(C)(C)CNCCOc1ccc([N+](=O)[O-])cc1. The van der Waals surface area contributed by atoms with Crippen LogP contribution < -0.4 is 10.1 Å². The van der Waals surface area contributed by atoms with Crippen LogP contribution in [0, 0.1) is 15.5 Å². The highest BCUT2D eigenvalue weighted by molar-refractivity contribution is 5.35. The smallest absolute Gasteiger partial charge is 0.269 e. The van der Waals surface area contributed by atoms with Crippen molar-refractivity contribution in [3.05, 3.63) is 34.4 Å². The predicted octanol–water partition coefficient (Wildman–Crippen LogP) is 2.61. The number of benzene rings is 1. The van der Waals surface area contributed by atoms with Crippen molar-refractivity contribution in [2.24, 2.45) is 5.41 Å². The van der Waals surface area contributed by atoms with Crippen molar-refractivity contribution in [2.75, 3.05) is 19.7 Å². The van der Waals surface area contributed by atoms with Crippen LogP contribution >= 0.6 is 0 Å². The maximum atomic E-state index is 10.5. The minimum atomic E-state index is -0.422. The van der Waals surface area contributed by atoms with E-state index in [2.05, 4.69) is 26.1 Å². The van der Waals surface area contributed by atoms with E-state index >= 15 is 0 Å². The van der Waals surface area contributed by atoms with Crippen molar-refractivity contribution >= 4 is 5.69 Å². The molecule has 0 atom stereocenters. The van der Waals surface area contributed by atoms with Gasteiger partial charge in [0.2, 0.25) is 0 Å². The number of ether oxygens (including phenoxy) is 1. The highest BCUT2D eigenvalue weighted by atomic mass is 16.6. The number of non-ortho nitro benzene ring substituents is 1. The van der Waals surface area contributed by atoms with E-state index in [0.717, 1.165) is 13.1 Å². The molecule has 1 rings (SSSR count). The molecule has 1 N–H and O–H groups in total. The molecule has 1 aromatic rings. The highest BCUT2D eigenvalue weighted by Gasteiger charge is 2.08. The van der Waals surface area contributed by atoms with Gasteiger partial charge in [-0.1, -0.05) is 20.8 Å². The molecule has 5 heteroatoms. The summed E-state index contributed by atoms with van der Waals surface area (Å²) < 4.78 is 5.47. The molecule has 0 unspecified atom stereocenters. The van der Waals surface area contributed by atoms with Crippen LogP contribution in [0.4, 0.5) is 5.69 Å². The first-order valence-corrected chi connectivity index (χ1v) is 5.96. The molecule has 0 aromatic heterocycles. The normalized spacial score (nSPS) is 11.3. The summed E-state index contributed by atoms with van der Waals surface area (Å²) in [7, 11) is 0. The molecule has 0 radical (unpaired) electrons. The molecular weight excluding hydrogens is 232 g/mol. The topological polar surface area (TPSA) is 64.4 Å². The second-order valence-electron chi connectivity index (χ2n) is 5.34. The zero-order chi connectivity index (χ0) is 13.6. The number of nitro benzene ring substituents is 1. The average Bonchev–Trinajstić information content (AvgIpc) is 2.27. The third kappa shape index (κ3) is 5.63. The van der Waals surface area contributed by atoms with E-state index in [1.807, 2.05) is 0 Å². The summed E-state index contributed by atoms with van der Waals surface area (Å²) in [6.07, 6.45) is 0. The Labute approximate surface area is 107 Å². The lowest BCUT2D eigenvalue weighted by molar-refractivity contribution is -0.384. The van der Waals surface area contributed by atoms with Crippen LogP contribution in [0.15, 0.2) is 24.3 Å². The van der Waals surface area contributed by atoms with E-state index in [0.29, 0.717) is 12.4 Å². The molecule has 18 heavy (non-hydrogen) atoms. The first-order valence-electron chi connectivity index (χ1n) is 5.96. The van der Waals surface area contributed by atoms with Crippen LogP contribution in [0.2, 0.25) is 0 Å². The molecular formula is C13H20N2O3. The minimum absolute atomic E-state index is 0.0770. The zero-order valence-electron chi connectivity index (χ0n) is 11.1. The lowest BCUT2D eigenvalue weighted by Gasteiger charge is -2.18. The molecule has 0 saturated heterocycles. The second-order valence-corrected chi connectivity index (χ2v) is 5.34. The maximum Gasteiger partial charge on any atom is 0.269 e. The van der Waals surface area contributed by atoms with Crippen LogP contribution in [-0.4, -0.2) is 24.6 Å². The first-order chi connectivity index (χ1) is 8.38. The molecule has 5 nitrogen and oxygen atoms in total. The first kappa shape index (κ1) is 14.4. The molecule has 0 aliphatic heterocycles. The minimum Gasteiger partial charge on any atom is -0.492 e. The number of nitro groups is 1. The van der Waals surface area contributed by atoms with Crippen molar-refractivity contribution in [3.8, 4) is 5.75 Å². The number of nitrogens with one attached hydrogen (secondary N) is 1. The van der Waals surface area contributed by atoms with Crippen molar-refractivity contribution < 1.29 is 9.66 Å². The molecule has 0 heterocycles. The third-order valence-electron chi connectivity index (χ3n) is 2.25. The maximum absolute atomic E-state index is 10.5. The van der Waals surface area contributed by atoms with Gasteiger partial charge in [0.15, 0.2) is 0 Å². The molecule has 0 fully saturated rings. The lowest BCUT2D eigenvalue weighted by atomic mass is 9.97. The molecule has 0 aliphatic rings. The van der Waals surface area contributed by atoms with Gasteiger partial charge in [0, 0.05) is 25.2 Å². The van der Waals surface area contributed by atoms with Crippen molar-refractivity contribution in [1.29, 1.82) is 0 Å². The van der Waals surface area contributed by atoms with E-state index in [9.17, 15) is 10.1 Å². The number of hydrogen-bond donors (Lipinski definition) is 1. The molecule has 0 bridgehead atoms. The Morgan fingerprint density at radius 2 is 1.89 bits per heavy atom. The zero-order valence-corrected chi connectivity index (χ0v) is 11.1. The standard InChI is InChI=1S/C13H20N2O3/c1-13(2,3)10-14-8-9-18-12-6-4-11(5-7-12)15(16)17/h4-7,14H,8-10H2,1-3H3. The third-order valence-corrected chi connectivity index (χ3v) is 2.25. The van der Waals surface area contributed by atoms with Gasteiger partial charge in [-0.2, -0.15) is 0 Å². The Hall–Kier alpha value is -1.62. The molecule has 0 amide bonds. The average molecular weight is 252 g/mol. The molecule has 0 saturated carbocycles. The Morgan fingerprint density at radius 1 is 1.28 bits per heavy atom. The van der Waals surface area contributed by atoms with E-state index in [-0.39, 0.29) is 11.1 Å². The van der Waals surface area contributed by atoms with E-state index < -0.39 is 4.92 Å². The molecule has 0 spiro atoms. The Kier molecular flexibility index (Phi) is 5.09. The predicted molar refractivity (Wildman–Crippen MR) is 70.9 cm³/mol. The van der Waals surface area contributed by atoms with Crippen LogP contribution in [-0.2, 0) is 0 Å². The fraction of sp³-hybridized carbons (Fsp3) is 0.538. The van der Waals surface area contributed by atoms with Gasteiger partial charge >= 0.3 is 0 Å². The Morgan fingerprint density at radius 3 is 2.39 bits per heavy atom. The van der Waals surface area contributed by atoms with E-state index in [4.69, 9.17) is 4.74 Å². The van der Waals surface area contributed by atoms with Crippen molar-refractivity contribution in [3.63, 3.8) is 0 Å². The fourth-order valence-corrected chi connectivity index (χ4v) is 1.37. The van der Waals surface area contributed by atoms with Crippen LogP contribution in [0.1, 0.15) is 20.8 Å². The van der Waals surface area contributed by atoms with Gasteiger partial charge in [-0.25, -0.2) is 0 Å². The quantitative estimate of drug-likeness (QED) is 0.480. The summed E-state index contributed by atoms with van der Waals surface area (Å²) in [5.41, 5.74) is 0.334. The Balaban J connectivity index is 2.25. The van der Waals surface area contributed by atoms with Gasteiger partial charge in [-0.05, 0) is 17.5 Å². The van der Waals surface area contributed by atoms with Crippen molar-refractivity contribution in [2.45, 2.75) is 20.8 Å². The summed E-state index contributed by atoms with van der Waals surface area (Å²) in [5, 5.41) is 13.8. The van der Waals surface area contributed by atoms with Gasteiger partial charge in [0.05, 0.1) is 4.92 Å². The van der Waals surface area contributed by atoms with Gasteiger partial charge < -0.3 is 10.1 Å². The molecule has 100 valence electrons. The van der Waals surface area contributed by atoms with Gasteiger partial charge in [-0.3, -0.25) is 10.1 Å². The summed E-state index contributed by atoms with van der Waals surface area (Å²) in [4.78, 5) is 10.0. The van der Waals surface area contributed by atoms with Gasteiger partial charge in [0.1, 0.15) is 12.4 Å². The number of nitrogens with zero attached hydrogens (tertiary/aromatic N) is 1. The molecule has 0 aliphatic carbocycles. The Bertz CT molecular complexity index is 382. The van der Waals surface area contributed by atoms with E-state index in [1.54, 1.807) is 12.1 Å². The number of rotatable bonds is 6. The summed E-state index contributed by atoms with van der Waals surface area (Å²) in [6, 6.07) is 6.11. The summed E-state index contributed by atoms with van der Waals surface area (Å²) in [5.74, 6) is 0.651. The van der Waals surface area contributed by atoms with Gasteiger partial charge in [-0.15, -0.1) is 0 Å². The second kappa shape index (κ2) is 6.35. The lowest BCUT2D eigenvalue weighted by Crippen LogP contribution is -2.30.